The van der Waals surface area contributed by atoms with Gasteiger partial charge in [0.05, 0.1) is 35.7 Å². The molecule has 1 aliphatic carbocycles. The lowest BCUT2D eigenvalue weighted by Gasteiger charge is -2.39. The summed E-state index contributed by atoms with van der Waals surface area (Å²) in [6.07, 6.45) is 0. The molecule has 0 bridgehead atoms. The molecule has 2 heterocycles. The van der Waals surface area contributed by atoms with Crippen molar-refractivity contribution in [3.63, 3.8) is 0 Å². The number of ether oxygens (including phenoxy) is 1. The van der Waals surface area contributed by atoms with Gasteiger partial charge in [-0.1, -0.05) is 24.3 Å². The number of aromatic hydroxyl groups is 2. The Morgan fingerprint density at radius 2 is 1.48 bits per heavy atom. The summed E-state index contributed by atoms with van der Waals surface area (Å²) in [5.74, 6) is -1.71. The summed E-state index contributed by atoms with van der Waals surface area (Å²) in [5.41, 5.74) is 6.57. The van der Waals surface area contributed by atoms with Crippen LogP contribution in [0.25, 0.3) is 20.8 Å². The molecule has 7 rings (SSSR count). The molecule has 9 nitrogen and oxygen atoms in total. The average Bonchev–Trinajstić information content (AvgIpc) is 3.03. The highest BCUT2D eigenvalue weighted by molar-refractivity contribution is 9.11. The number of anilines is 1. The highest BCUT2D eigenvalue weighted by Crippen LogP contribution is 2.59. The number of aliphatic hydroxyl groups is 1. The number of carboxylic acids is 1. The first kappa shape index (κ1) is 32.4. The predicted molar refractivity (Wildman–Crippen MR) is 186 cm³/mol. The van der Waals surface area contributed by atoms with E-state index in [2.05, 4.69) is 68.7 Å². The molecule has 46 heavy (non-hydrogen) atoms. The fraction of sp³-hybridized carbons (Fsp3) is 0.0312. The van der Waals surface area contributed by atoms with Crippen LogP contribution in [0.1, 0.15) is 27.0 Å². The lowest BCUT2D eigenvalue weighted by Crippen LogP contribution is -2.44. The van der Waals surface area contributed by atoms with E-state index in [9.17, 15) is 25.2 Å². The van der Waals surface area contributed by atoms with E-state index >= 15 is 0 Å². The normalized spacial score (nSPS) is 12.9. The first-order chi connectivity index (χ1) is 21.8. The third-order valence-corrected chi connectivity index (χ3v) is 11.0. The molecule has 3 aliphatic rings. The smallest absolute Gasteiger partial charge is 0.198 e. The van der Waals surface area contributed by atoms with Gasteiger partial charge in [-0.2, -0.15) is 0 Å². The number of carbonyl (C=O) groups is 1. The molecular weight excluding hydrogens is 874 g/mol. The SMILES string of the molecule is Nc1ccc2nc3ccc(=[NH2+])cc-3sc2c1.O=C([O-])c1ccccc1C1(O)c2cc(Br)c(O)c(Br)c2Oc2c1cc(Br)c(O)c2Br. The summed E-state index contributed by atoms with van der Waals surface area (Å²) in [6.45, 7) is 0. The minimum atomic E-state index is -2.03. The zero-order chi connectivity index (χ0) is 33.1. The van der Waals surface area contributed by atoms with Crippen molar-refractivity contribution >= 4 is 96.9 Å². The van der Waals surface area contributed by atoms with E-state index in [1.54, 1.807) is 17.4 Å². The number of nitrogens with two attached hydrogens (primary N) is 2. The van der Waals surface area contributed by atoms with Gasteiger partial charge in [-0.25, -0.2) is 4.98 Å². The zero-order valence-corrected chi connectivity index (χ0v) is 30.2. The highest BCUT2D eigenvalue weighted by Gasteiger charge is 2.46. The highest BCUT2D eigenvalue weighted by atomic mass is 79.9. The number of nitrogen functional groups attached to an aromatic ring is 1. The molecular formula is C32H19Br4N3O6S. The molecule has 0 fully saturated rings. The van der Waals surface area contributed by atoms with Gasteiger partial charge in [-0.05, 0) is 100 Å². The van der Waals surface area contributed by atoms with Gasteiger partial charge in [-0.15, -0.1) is 11.3 Å². The monoisotopic (exact) mass is 889 g/mol. The number of hydrogen-bond donors (Lipinski definition) is 5. The topological polar surface area (TPSA) is 175 Å². The molecule has 14 heteroatoms. The van der Waals surface area contributed by atoms with Crippen molar-refractivity contribution in [3.8, 4) is 33.6 Å². The van der Waals surface area contributed by atoms with Crippen LogP contribution in [-0.4, -0.2) is 26.3 Å². The number of halogens is 4. The Balaban J connectivity index is 0.000000194. The number of carbonyl (C=O) groups excluding carboxylic acids is 1. The van der Waals surface area contributed by atoms with E-state index in [0.717, 1.165) is 31.8 Å². The molecule has 0 saturated carbocycles. The second-order valence-electron chi connectivity index (χ2n) is 10.1. The van der Waals surface area contributed by atoms with Crippen LogP contribution in [0, 0.1) is 0 Å². The Morgan fingerprint density at radius 3 is 2.09 bits per heavy atom. The maximum Gasteiger partial charge on any atom is 0.198 e. The van der Waals surface area contributed by atoms with Crippen LogP contribution in [0.4, 0.5) is 5.69 Å². The third-order valence-electron chi connectivity index (χ3n) is 7.25. The minimum absolute atomic E-state index is 0.0322. The second-order valence-corrected chi connectivity index (χ2v) is 14.5. The van der Waals surface area contributed by atoms with Crippen LogP contribution in [0.2, 0.25) is 0 Å². The van der Waals surface area contributed by atoms with Crippen LogP contribution < -0.4 is 26.3 Å². The summed E-state index contributed by atoms with van der Waals surface area (Å²) >= 11 is 14.7. The number of benzene rings is 5. The second kappa shape index (κ2) is 12.2. The van der Waals surface area contributed by atoms with Gasteiger partial charge in [0.15, 0.2) is 16.9 Å². The number of fused-ring (bicyclic) bond motifs is 4. The molecule has 0 radical (unpaired) electrons. The number of carboxylic acid groups (broad SMARTS) is 1. The predicted octanol–water partition coefficient (Wildman–Crippen LogP) is 5.54. The zero-order valence-electron chi connectivity index (χ0n) is 23.0. The first-order valence-corrected chi connectivity index (χ1v) is 17.1. The van der Waals surface area contributed by atoms with E-state index < -0.39 is 11.6 Å². The molecule has 7 N–H and O–H groups in total. The van der Waals surface area contributed by atoms with Gasteiger partial charge in [0.25, 0.3) is 0 Å². The van der Waals surface area contributed by atoms with E-state index in [1.807, 2.05) is 36.4 Å². The molecule has 0 amide bonds. The number of phenols is 2. The Hall–Kier alpha value is -3.53. The van der Waals surface area contributed by atoms with Crippen molar-refractivity contribution in [1.29, 1.82) is 0 Å². The molecule has 4 aromatic rings. The van der Waals surface area contributed by atoms with Crippen molar-refractivity contribution < 1.29 is 35.4 Å². The molecule has 0 atom stereocenters. The standard InChI is InChI=1S/C20H10Br4O6.C12H9N3S/c21-11-5-9-17(13(23)15(11)25)30-18-10(6-12(22)16(26)14(18)24)20(9,29)8-4-2-1-3-7(8)19(27)28;13-7-1-3-9-11(5-7)16-12-6-8(14)2-4-10(12)15-9/h1-6,25-26,29H,(H,27,28);1-6,13H,14H2. The Bertz CT molecular complexity index is 2200. The number of rotatable bonds is 2. The van der Waals surface area contributed by atoms with Crippen molar-refractivity contribution in [3.05, 3.63) is 118 Å². The summed E-state index contributed by atoms with van der Waals surface area (Å²) in [6, 6.07) is 20.3. The number of aromatic carboxylic acids is 1. The number of nitrogens with zero attached hydrogens (tertiary/aromatic N) is 1. The Morgan fingerprint density at radius 1 is 0.870 bits per heavy atom. The number of phenolic OH excluding ortho intramolecular Hbond substituents is 2. The Kier molecular flexibility index (Phi) is 8.63. The molecule has 4 aromatic carbocycles. The van der Waals surface area contributed by atoms with Gasteiger partial charge < -0.3 is 35.7 Å². The molecule has 0 spiro atoms. The van der Waals surface area contributed by atoms with Gasteiger partial charge in [0.2, 0.25) is 0 Å². The fourth-order valence-electron chi connectivity index (χ4n) is 5.09. The van der Waals surface area contributed by atoms with Crippen LogP contribution in [0.5, 0.6) is 23.0 Å². The Labute approximate surface area is 298 Å². The van der Waals surface area contributed by atoms with Crippen molar-refractivity contribution in [2.75, 3.05) is 5.73 Å². The van der Waals surface area contributed by atoms with Gasteiger partial charge >= 0.3 is 0 Å². The van der Waals surface area contributed by atoms with Crippen LogP contribution >= 0.6 is 75.1 Å². The minimum Gasteiger partial charge on any atom is -0.545 e. The van der Waals surface area contributed by atoms with E-state index in [-0.39, 0.29) is 63.1 Å². The molecule has 0 aromatic heterocycles. The maximum absolute atomic E-state index is 12.1. The summed E-state index contributed by atoms with van der Waals surface area (Å²) < 4.78 is 7.80. The van der Waals surface area contributed by atoms with Crippen molar-refractivity contribution in [2.45, 2.75) is 5.60 Å². The first-order valence-electron chi connectivity index (χ1n) is 13.1. The van der Waals surface area contributed by atoms with E-state index in [0.29, 0.717) is 0 Å². The van der Waals surface area contributed by atoms with Crippen molar-refractivity contribution in [2.24, 2.45) is 0 Å². The number of aromatic nitrogens is 1. The lowest BCUT2D eigenvalue weighted by molar-refractivity contribution is -0.255. The van der Waals surface area contributed by atoms with Gasteiger partial charge in [0.1, 0.15) is 26.0 Å². The average molecular weight is 893 g/mol. The molecule has 0 unspecified atom stereocenters. The third kappa shape index (κ3) is 5.46. The maximum atomic E-state index is 12.1. The van der Waals surface area contributed by atoms with Gasteiger partial charge in [0, 0.05) is 40.1 Å². The van der Waals surface area contributed by atoms with Crippen LogP contribution in [0.15, 0.2) is 90.7 Å². The lowest BCUT2D eigenvalue weighted by atomic mass is 9.76. The van der Waals surface area contributed by atoms with Crippen LogP contribution in [0.3, 0.4) is 0 Å². The molecule has 0 saturated heterocycles. The molecule has 232 valence electrons. The fourth-order valence-corrected chi connectivity index (χ4v) is 8.56. The van der Waals surface area contributed by atoms with Gasteiger partial charge in [-0.3, -0.25) is 5.41 Å². The summed E-state index contributed by atoms with van der Waals surface area (Å²) in [4.78, 5) is 17.5. The van der Waals surface area contributed by atoms with E-state index in [4.69, 9.17) is 15.9 Å². The quantitative estimate of drug-likeness (QED) is 0.111. The largest absolute Gasteiger partial charge is 0.545 e. The van der Waals surface area contributed by atoms with E-state index in [1.165, 1.54) is 30.3 Å². The summed E-state index contributed by atoms with van der Waals surface area (Å²) in [7, 11) is 0. The summed E-state index contributed by atoms with van der Waals surface area (Å²) in [5, 5.41) is 51.2. The molecule has 2 aliphatic heterocycles. The van der Waals surface area contributed by atoms with Crippen LogP contribution in [-0.2, 0) is 5.60 Å². The number of hydrogen-bond acceptors (Lipinski definition) is 9. The van der Waals surface area contributed by atoms with Crippen molar-refractivity contribution in [1.82, 2.24) is 4.98 Å².